The van der Waals surface area contributed by atoms with Crippen molar-refractivity contribution in [1.29, 1.82) is 5.26 Å². The molecule has 2 aliphatic carbocycles. The molecule has 2 aromatic carbocycles. The quantitative estimate of drug-likeness (QED) is 0.688. The van der Waals surface area contributed by atoms with Gasteiger partial charge < -0.3 is 10.5 Å². The van der Waals surface area contributed by atoms with E-state index in [-0.39, 0.29) is 17.3 Å². The van der Waals surface area contributed by atoms with Crippen molar-refractivity contribution in [3.05, 3.63) is 57.9 Å². The Morgan fingerprint density at radius 3 is 2.56 bits per heavy atom. The van der Waals surface area contributed by atoms with Crippen LogP contribution >= 0.6 is 11.6 Å². The Morgan fingerprint density at radius 1 is 1.19 bits per heavy atom. The molecule has 1 saturated carbocycles. The van der Waals surface area contributed by atoms with Gasteiger partial charge in [-0.25, -0.2) is 9.38 Å². The third kappa shape index (κ3) is 2.99. The highest BCUT2D eigenvalue weighted by Gasteiger charge is 2.61. The predicted octanol–water partition coefficient (Wildman–Crippen LogP) is 5.13. The largest absolute Gasteiger partial charge is 0.382 e. The summed E-state index contributed by atoms with van der Waals surface area (Å²) >= 11 is 6.21. The van der Waals surface area contributed by atoms with Gasteiger partial charge in [-0.1, -0.05) is 11.6 Å². The zero-order valence-corrected chi connectivity index (χ0v) is 18.8. The van der Waals surface area contributed by atoms with E-state index in [4.69, 9.17) is 32.1 Å². The van der Waals surface area contributed by atoms with Crippen LogP contribution in [0.1, 0.15) is 49.3 Å². The predicted molar refractivity (Wildman–Crippen MR) is 123 cm³/mol. The number of fused-ring (bicyclic) bond motifs is 3. The van der Waals surface area contributed by atoms with Crippen LogP contribution in [0.25, 0.3) is 11.1 Å². The lowest BCUT2D eigenvalue weighted by Crippen LogP contribution is -2.43. The number of nitrogens with zero attached hydrogens (tertiary/aromatic N) is 3. The van der Waals surface area contributed by atoms with Crippen LogP contribution < -0.4 is 5.73 Å². The van der Waals surface area contributed by atoms with Crippen molar-refractivity contribution in [1.82, 2.24) is 0 Å². The van der Waals surface area contributed by atoms with Crippen LogP contribution in [0.2, 0.25) is 5.02 Å². The molecule has 1 atom stereocenters. The van der Waals surface area contributed by atoms with Crippen LogP contribution in [0, 0.1) is 22.6 Å². The number of amidine groups is 1. The van der Waals surface area contributed by atoms with E-state index >= 15 is 4.39 Å². The number of methoxy groups -OCH3 is 1. The standard InChI is InChI=1S/C25H24ClFN4O/c1-14-23(29)31-25(30-14)21-11-20(16-7-15(13-28)8-18(26)9-16)22(27)10-17(21)12-24(25)5-3-19(32-2)4-6-24/h7-11,19H,3-6,12H2,1-2H3,(H2,29,31)/t19?,24?,25-/m0/s1. The molecule has 0 radical (unpaired) electrons. The molecule has 7 heteroatoms. The zero-order valence-electron chi connectivity index (χ0n) is 18.1. The molecule has 0 saturated heterocycles. The number of halogens is 2. The first-order valence-electron chi connectivity index (χ1n) is 10.8. The normalized spacial score (nSPS) is 28.5. The van der Waals surface area contributed by atoms with Gasteiger partial charge in [0.05, 0.1) is 23.4 Å². The van der Waals surface area contributed by atoms with Crippen molar-refractivity contribution in [3.8, 4) is 17.2 Å². The highest BCUT2D eigenvalue weighted by atomic mass is 35.5. The number of nitrogens with two attached hydrogens (primary N) is 1. The van der Waals surface area contributed by atoms with Crippen molar-refractivity contribution in [2.75, 3.05) is 7.11 Å². The Morgan fingerprint density at radius 2 is 1.94 bits per heavy atom. The van der Waals surface area contributed by atoms with Gasteiger partial charge in [-0.2, -0.15) is 5.26 Å². The second kappa shape index (κ2) is 7.40. The molecule has 164 valence electrons. The molecule has 2 spiro atoms. The van der Waals surface area contributed by atoms with Crippen molar-refractivity contribution in [2.45, 2.75) is 50.8 Å². The first-order valence-corrected chi connectivity index (χ1v) is 11.2. The summed E-state index contributed by atoms with van der Waals surface area (Å²) in [5, 5.41) is 9.72. The fourth-order valence-corrected chi connectivity index (χ4v) is 5.97. The fraction of sp³-hybridized carbons (Fsp3) is 0.400. The monoisotopic (exact) mass is 450 g/mol. The van der Waals surface area contributed by atoms with Crippen LogP contribution in [-0.2, 0) is 16.8 Å². The molecular formula is C25H24ClFN4O. The number of hydrogen-bond donors (Lipinski definition) is 1. The van der Waals surface area contributed by atoms with Gasteiger partial charge in [-0.3, -0.25) is 4.99 Å². The van der Waals surface area contributed by atoms with Gasteiger partial charge in [0.1, 0.15) is 11.7 Å². The lowest BCUT2D eigenvalue weighted by atomic mass is 9.65. The van der Waals surface area contributed by atoms with E-state index in [0.29, 0.717) is 39.7 Å². The summed E-state index contributed by atoms with van der Waals surface area (Å²) < 4.78 is 21.0. The minimum atomic E-state index is -0.853. The Kier molecular flexibility index (Phi) is 4.88. The second-order valence-electron chi connectivity index (χ2n) is 9.09. The molecule has 0 aromatic heterocycles. The van der Waals surface area contributed by atoms with Crippen LogP contribution in [0.15, 0.2) is 40.3 Å². The Labute approximate surface area is 191 Å². The lowest BCUT2D eigenvalue weighted by Gasteiger charge is -2.44. The molecule has 5 rings (SSSR count). The molecule has 0 amide bonds. The van der Waals surface area contributed by atoms with E-state index in [0.717, 1.165) is 36.8 Å². The van der Waals surface area contributed by atoms with E-state index in [9.17, 15) is 5.26 Å². The number of nitriles is 1. The van der Waals surface area contributed by atoms with Crippen LogP contribution in [0.4, 0.5) is 4.39 Å². The van der Waals surface area contributed by atoms with Gasteiger partial charge >= 0.3 is 0 Å². The van der Waals surface area contributed by atoms with Gasteiger partial charge in [-0.05, 0) is 80.5 Å². The Bertz CT molecular complexity index is 1200. The van der Waals surface area contributed by atoms with Crippen molar-refractivity contribution in [3.63, 3.8) is 0 Å². The number of hydrogen-bond acceptors (Lipinski definition) is 5. The molecule has 3 aliphatic rings. The molecule has 0 unspecified atom stereocenters. The van der Waals surface area contributed by atoms with E-state index < -0.39 is 5.66 Å². The second-order valence-corrected chi connectivity index (χ2v) is 9.52. The maximum atomic E-state index is 15.4. The molecule has 1 aliphatic heterocycles. The first-order chi connectivity index (χ1) is 15.3. The summed E-state index contributed by atoms with van der Waals surface area (Å²) in [5.41, 5.74) is 8.98. The third-order valence-corrected chi connectivity index (χ3v) is 7.60. The van der Waals surface area contributed by atoms with Gasteiger partial charge in [0.25, 0.3) is 0 Å². The average Bonchev–Trinajstić information content (AvgIpc) is 3.20. The summed E-state index contributed by atoms with van der Waals surface area (Å²) in [6, 6.07) is 10.4. The van der Waals surface area contributed by atoms with E-state index in [1.54, 1.807) is 31.4 Å². The van der Waals surface area contributed by atoms with Gasteiger partial charge in [0, 0.05) is 28.7 Å². The van der Waals surface area contributed by atoms with Crippen molar-refractivity contribution >= 4 is 23.1 Å². The molecule has 2 aromatic rings. The molecule has 32 heavy (non-hydrogen) atoms. The molecule has 2 N–H and O–H groups in total. The first kappa shape index (κ1) is 21.1. The molecule has 1 heterocycles. The topological polar surface area (TPSA) is 83.8 Å². The number of aliphatic imine (C=N–C) groups is 2. The zero-order chi connectivity index (χ0) is 22.7. The van der Waals surface area contributed by atoms with Crippen LogP contribution in [0.5, 0.6) is 0 Å². The average molecular weight is 451 g/mol. The maximum absolute atomic E-state index is 15.4. The highest BCUT2D eigenvalue weighted by molar-refractivity contribution is 6.41. The molecular weight excluding hydrogens is 427 g/mol. The number of benzene rings is 2. The molecule has 1 fully saturated rings. The summed E-state index contributed by atoms with van der Waals surface area (Å²) in [5.74, 6) is 0.0924. The Balaban J connectivity index is 1.69. The molecule has 5 nitrogen and oxygen atoms in total. The van der Waals surface area contributed by atoms with Crippen molar-refractivity contribution < 1.29 is 9.13 Å². The summed E-state index contributed by atoms with van der Waals surface area (Å²) in [6.07, 6.45) is 4.48. The van der Waals surface area contributed by atoms with E-state index in [1.165, 1.54) is 0 Å². The Hall–Kier alpha value is -2.75. The number of rotatable bonds is 2. The smallest absolute Gasteiger partial charge is 0.184 e. The van der Waals surface area contributed by atoms with Gasteiger partial charge in [0.15, 0.2) is 5.66 Å². The van der Waals surface area contributed by atoms with Gasteiger partial charge in [0.2, 0.25) is 0 Å². The fourth-order valence-electron chi connectivity index (χ4n) is 5.73. The number of ether oxygens (including phenoxy) is 1. The summed E-state index contributed by atoms with van der Waals surface area (Å²) in [6.45, 7) is 1.88. The van der Waals surface area contributed by atoms with Crippen LogP contribution in [0.3, 0.4) is 0 Å². The van der Waals surface area contributed by atoms with E-state index in [2.05, 4.69) is 6.07 Å². The summed E-state index contributed by atoms with van der Waals surface area (Å²) in [4.78, 5) is 9.97. The highest BCUT2D eigenvalue weighted by Crippen LogP contribution is 2.62. The third-order valence-electron chi connectivity index (χ3n) is 7.38. The summed E-state index contributed by atoms with van der Waals surface area (Å²) in [7, 11) is 1.75. The minimum Gasteiger partial charge on any atom is -0.382 e. The van der Waals surface area contributed by atoms with Gasteiger partial charge in [-0.15, -0.1) is 0 Å². The minimum absolute atomic E-state index is 0.220. The SMILES string of the molecule is COC1CCC2(CC1)Cc1cc(F)c(-c3cc(Cl)cc(C#N)c3)cc1[C@@]21N=C(C)C(N)=N1. The van der Waals surface area contributed by atoms with E-state index in [1.807, 2.05) is 13.0 Å². The van der Waals surface area contributed by atoms with Crippen molar-refractivity contribution in [2.24, 2.45) is 21.1 Å². The van der Waals surface area contributed by atoms with Crippen LogP contribution in [-0.4, -0.2) is 24.8 Å². The maximum Gasteiger partial charge on any atom is 0.184 e. The molecule has 0 bridgehead atoms. The lowest BCUT2D eigenvalue weighted by molar-refractivity contribution is -0.000374.